The molecule has 0 bridgehead atoms. The second kappa shape index (κ2) is 5.46. The summed E-state index contributed by atoms with van der Waals surface area (Å²) in [6.07, 6.45) is -0.174. The second-order valence-electron chi connectivity index (χ2n) is 3.85. The summed E-state index contributed by atoms with van der Waals surface area (Å²) in [6.45, 7) is 1.80. The highest BCUT2D eigenvalue weighted by Crippen LogP contribution is 2.22. The van der Waals surface area contributed by atoms with Crippen LogP contribution < -0.4 is 0 Å². The van der Waals surface area contributed by atoms with E-state index in [-0.39, 0.29) is 18.1 Å². The van der Waals surface area contributed by atoms with E-state index in [9.17, 15) is 9.50 Å². The van der Waals surface area contributed by atoms with Crippen molar-refractivity contribution < 1.29 is 14.0 Å². The van der Waals surface area contributed by atoms with E-state index in [1.165, 1.54) is 12.1 Å². The van der Waals surface area contributed by atoms with E-state index >= 15 is 0 Å². The Hall–Kier alpha value is -1.46. The molecular weight excluding hydrogens is 259 g/mol. The molecule has 6 heteroatoms. The van der Waals surface area contributed by atoms with Crippen molar-refractivity contribution in [3.63, 3.8) is 0 Å². The number of aromatic nitrogens is 2. The molecule has 18 heavy (non-hydrogen) atoms. The molecule has 0 saturated heterocycles. The number of rotatable bonds is 4. The van der Waals surface area contributed by atoms with Gasteiger partial charge in [0.1, 0.15) is 11.9 Å². The van der Waals surface area contributed by atoms with Crippen LogP contribution in [-0.4, -0.2) is 15.2 Å². The maximum atomic E-state index is 13.5. The summed E-state index contributed by atoms with van der Waals surface area (Å²) in [5.74, 6) is 0.0164. The van der Waals surface area contributed by atoms with Gasteiger partial charge in [0, 0.05) is 10.6 Å². The number of aliphatic hydroxyl groups excluding tert-OH is 1. The van der Waals surface area contributed by atoms with E-state index in [1.807, 2.05) is 0 Å². The van der Waals surface area contributed by atoms with Crippen LogP contribution in [0, 0.1) is 5.82 Å². The van der Waals surface area contributed by atoms with Gasteiger partial charge in [0.15, 0.2) is 5.82 Å². The molecule has 96 valence electrons. The molecule has 1 aromatic heterocycles. The Labute approximate surface area is 108 Å². The van der Waals surface area contributed by atoms with E-state index in [0.29, 0.717) is 17.0 Å². The van der Waals surface area contributed by atoms with Gasteiger partial charge in [-0.25, -0.2) is 4.39 Å². The predicted octanol–water partition coefficient (Wildman–Crippen LogP) is 2.90. The second-order valence-corrected chi connectivity index (χ2v) is 4.25. The van der Waals surface area contributed by atoms with Crippen LogP contribution in [0.1, 0.15) is 36.7 Å². The SMILES string of the molecule is CCC(O)c1noc(Cc2c(F)cccc2Cl)n1. The van der Waals surface area contributed by atoms with Crippen molar-refractivity contribution in [2.24, 2.45) is 0 Å². The molecule has 0 spiro atoms. The zero-order valence-corrected chi connectivity index (χ0v) is 10.5. The first-order valence-electron chi connectivity index (χ1n) is 5.55. The molecule has 1 heterocycles. The molecule has 2 rings (SSSR count). The van der Waals surface area contributed by atoms with Gasteiger partial charge >= 0.3 is 0 Å². The highest BCUT2D eigenvalue weighted by molar-refractivity contribution is 6.31. The maximum absolute atomic E-state index is 13.5. The zero-order valence-electron chi connectivity index (χ0n) is 9.73. The van der Waals surface area contributed by atoms with Crippen molar-refractivity contribution in [2.45, 2.75) is 25.9 Å². The quantitative estimate of drug-likeness (QED) is 0.928. The number of aliphatic hydroxyl groups is 1. The lowest BCUT2D eigenvalue weighted by Crippen LogP contribution is -1.99. The van der Waals surface area contributed by atoms with Crippen molar-refractivity contribution in [3.05, 3.63) is 46.3 Å². The molecule has 2 aromatic rings. The minimum atomic E-state index is -0.765. The van der Waals surface area contributed by atoms with Crippen LogP contribution in [0.25, 0.3) is 0 Å². The van der Waals surface area contributed by atoms with Gasteiger partial charge in [-0.05, 0) is 18.6 Å². The monoisotopic (exact) mass is 270 g/mol. The predicted molar refractivity (Wildman–Crippen MR) is 63.8 cm³/mol. The number of nitrogens with zero attached hydrogens (tertiary/aromatic N) is 2. The minimum absolute atomic E-state index is 0.106. The fourth-order valence-electron chi connectivity index (χ4n) is 1.51. The van der Waals surface area contributed by atoms with Crippen molar-refractivity contribution in [1.82, 2.24) is 10.1 Å². The molecule has 0 aliphatic rings. The zero-order chi connectivity index (χ0) is 13.1. The molecule has 0 amide bonds. The van der Waals surface area contributed by atoms with Crippen molar-refractivity contribution in [1.29, 1.82) is 0 Å². The highest BCUT2D eigenvalue weighted by atomic mass is 35.5. The Bertz CT molecular complexity index is 524. The number of hydrogen-bond acceptors (Lipinski definition) is 4. The highest BCUT2D eigenvalue weighted by Gasteiger charge is 2.16. The Morgan fingerprint density at radius 3 is 2.94 bits per heavy atom. The van der Waals surface area contributed by atoms with Crippen LogP contribution in [0.15, 0.2) is 22.7 Å². The van der Waals surface area contributed by atoms with Crippen molar-refractivity contribution in [2.75, 3.05) is 0 Å². The third kappa shape index (κ3) is 2.68. The molecule has 0 radical (unpaired) electrons. The van der Waals surface area contributed by atoms with Gasteiger partial charge in [0.25, 0.3) is 0 Å². The normalized spacial score (nSPS) is 12.7. The molecule has 4 nitrogen and oxygen atoms in total. The van der Waals surface area contributed by atoms with E-state index in [2.05, 4.69) is 10.1 Å². The fourth-order valence-corrected chi connectivity index (χ4v) is 1.74. The van der Waals surface area contributed by atoms with E-state index in [1.54, 1.807) is 13.0 Å². The lowest BCUT2D eigenvalue weighted by molar-refractivity contribution is 0.159. The molecule has 1 unspecified atom stereocenters. The molecular formula is C12H12ClFN2O2. The van der Waals surface area contributed by atoms with Gasteiger partial charge in [-0.15, -0.1) is 0 Å². The average molecular weight is 271 g/mol. The van der Waals surface area contributed by atoms with E-state index in [0.717, 1.165) is 0 Å². The molecule has 0 aliphatic heterocycles. The smallest absolute Gasteiger partial charge is 0.231 e. The largest absolute Gasteiger partial charge is 0.385 e. The van der Waals surface area contributed by atoms with Gasteiger partial charge in [-0.1, -0.05) is 29.7 Å². The molecule has 0 fully saturated rings. The van der Waals surface area contributed by atoms with Crippen LogP contribution in [0.2, 0.25) is 5.02 Å². The number of halogens is 2. The number of hydrogen-bond donors (Lipinski definition) is 1. The maximum Gasteiger partial charge on any atom is 0.231 e. The van der Waals surface area contributed by atoms with Crippen LogP contribution in [-0.2, 0) is 6.42 Å². The first-order chi connectivity index (χ1) is 8.61. The Morgan fingerprint density at radius 1 is 1.50 bits per heavy atom. The van der Waals surface area contributed by atoms with Gasteiger partial charge in [0.05, 0.1) is 6.42 Å². The third-order valence-electron chi connectivity index (χ3n) is 2.56. The summed E-state index contributed by atoms with van der Waals surface area (Å²) >= 11 is 5.90. The summed E-state index contributed by atoms with van der Waals surface area (Å²) in [7, 11) is 0. The van der Waals surface area contributed by atoms with Crippen LogP contribution >= 0.6 is 11.6 Å². The summed E-state index contributed by atoms with van der Waals surface area (Å²) in [6, 6.07) is 4.44. The van der Waals surface area contributed by atoms with Crippen LogP contribution in [0.3, 0.4) is 0 Å². The van der Waals surface area contributed by atoms with Crippen LogP contribution in [0.4, 0.5) is 4.39 Å². The average Bonchev–Trinajstić information content (AvgIpc) is 2.81. The first kappa shape index (κ1) is 13.0. The van der Waals surface area contributed by atoms with Gasteiger partial charge in [-0.2, -0.15) is 4.98 Å². The Morgan fingerprint density at radius 2 is 2.28 bits per heavy atom. The van der Waals surface area contributed by atoms with Gasteiger partial charge in [0.2, 0.25) is 5.89 Å². The fraction of sp³-hybridized carbons (Fsp3) is 0.333. The van der Waals surface area contributed by atoms with Crippen molar-refractivity contribution in [3.8, 4) is 0 Å². The van der Waals surface area contributed by atoms with E-state index in [4.69, 9.17) is 16.1 Å². The number of benzene rings is 1. The Kier molecular flexibility index (Phi) is 3.93. The summed E-state index contributed by atoms with van der Waals surface area (Å²) in [5, 5.41) is 13.5. The molecule has 1 N–H and O–H groups in total. The summed E-state index contributed by atoms with van der Waals surface area (Å²) in [4.78, 5) is 4.01. The lowest BCUT2D eigenvalue weighted by atomic mass is 10.1. The van der Waals surface area contributed by atoms with E-state index < -0.39 is 11.9 Å². The minimum Gasteiger partial charge on any atom is -0.385 e. The third-order valence-corrected chi connectivity index (χ3v) is 2.91. The molecule has 0 saturated carbocycles. The van der Waals surface area contributed by atoms with Gasteiger partial charge < -0.3 is 9.63 Å². The van der Waals surface area contributed by atoms with Crippen molar-refractivity contribution >= 4 is 11.6 Å². The summed E-state index contributed by atoms with van der Waals surface area (Å²) < 4.78 is 18.5. The summed E-state index contributed by atoms with van der Waals surface area (Å²) in [5.41, 5.74) is 0.306. The van der Waals surface area contributed by atoms with Gasteiger partial charge in [-0.3, -0.25) is 0 Å². The first-order valence-corrected chi connectivity index (χ1v) is 5.93. The molecule has 1 atom stereocenters. The van der Waals surface area contributed by atoms with Crippen LogP contribution in [0.5, 0.6) is 0 Å². The molecule has 1 aromatic carbocycles. The Balaban J connectivity index is 2.21. The standard InChI is InChI=1S/C12H12ClFN2O2/c1-2-10(17)12-15-11(18-16-12)6-7-8(13)4-3-5-9(7)14/h3-5,10,17H,2,6H2,1H3. The molecule has 0 aliphatic carbocycles. The topological polar surface area (TPSA) is 59.2 Å². The lowest BCUT2D eigenvalue weighted by Gasteiger charge is -2.02.